The first kappa shape index (κ1) is 14.8. The minimum atomic E-state index is -0.556. The summed E-state index contributed by atoms with van der Waals surface area (Å²) in [7, 11) is 0. The van der Waals surface area contributed by atoms with Gasteiger partial charge in [-0.1, -0.05) is 0 Å². The summed E-state index contributed by atoms with van der Waals surface area (Å²) in [5, 5.41) is 2.61. The van der Waals surface area contributed by atoms with Gasteiger partial charge in [0.2, 0.25) is 0 Å². The zero-order chi connectivity index (χ0) is 16.6. The number of aromatic amines is 2. The molecule has 0 atom stereocenters. The molecule has 0 radical (unpaired) electrons. The number of aryl methyl sites for hydroxylation is 1. The minimum absolute atomic E-state index is 0.242. The number of carbonyl (C=O) groups excluding carboxylic acids is 2. The largest absolute Gasteiger partial charge is 0.462 e. The van der Waals surface area contributed by atoms with Crippen molar-refractivity contribution in [3.63, 3.8) is 0 Å². The maximum Gasteiger partial charge on any atom is 0.345 e. The van der Waals surface area contributed by atoms with Crippen molar-refractivity contribution < 1.29 is 14.3 Å². The van der Waals surface area contributed by atoms with Gasteiger partial charge in [-0.3, -0.25) is 4.79 Å². The smallest absolute Gasteiger partial charge is 0.345 e. The van der Waals surface area contributed by atoms with Crippen LogP contribution in [0.2, 0.25) is 0 Å². The van der Waals surface area contributed by atoms with Gasteiger partial charge in [0.05, 0.1) is 41.0 Å². The summed E-state index contributed by atoms with van der Waals surface area (Å²) in [6, 6.07) is 1.65. The number of nitrogens with zero attached hydrogens (tertiary/aromatic N) is 1. The molecule has 3 heterocycles. The molecule has 23 heavy (non-hydrogen) atoms. The van der Waals surface area contributed by atoms with Crippen molar-refractivity contribution in [2.75, 3.05) is 11.9 Å². The van der Waals surface area contributed by atoms with E-state index in [4.69, 9.17) is 4.74 Å². The predicted molar refractivity (Wildman–Crippen MR) is 82.8 cm³/mol. The summed E-state index contributed by atoms with van der Waals surface area (Å²) in [5.41, 5.74) is 1.97. The second-order valence-corrected chi connectivity index (χ2v) is 4.99. The van der Waals surface area contributed by atoms with Crippen molar-refractivity contribution in [3.8, 4) is 0 Å². The molecule has 3 rings (SSSR count). The SMILES string of the molecule is CCOC(=O)c1cc(C)[nH]c1/C=C1\C(=O)Nc2cnc(=O)[nH]c21. The average Bonchev–Trinajstić information content (AvgIpc) is 3.01. The number of carbonyl (C=O) groups is 2. The van der Waals surface area contributed by atoms with Crippen molar-refractivity contribution in [1.82, 2.24) is 15.0 Å². The Morgan fingerprint density at radius 3 is 2.87 bits per heavy atom. The highest BCUT2D eigenvalue weighted by Gasteiger charge is 2.26. The van der Waals surface area contributed by atoms with E-state index in [1.54, 1.807) is 19.9 Å². The normalized spacial score (nSPS) is 14.7. The van der Waals surface area contributed by atoms with Crippen LogP contribution < -0.4 is 11.0 Å². The van der Waals surface area contributed by atoms with E-state index in [1.165, 1.54) is 12.3 Å². The number of hydrogen-bond acceptors (Lipinski definition) is 5. The number of hydrogen-bond donors (Lipinski definition) is 3. The summed E-state index contributed by atoms with van der Waals surface area (Å²) in [6.45, 7) is 3.76. The van der Waals surface area contributed by atoms with Gasteiger partial charge < -0.3 is 20.0 Å². The third-order valence-corrected chi connectivity index (χ3v) is 3.34. The van der Waals surface area contributed by atoms with Gasteiger partial charge in [0, 0.05) is 5.69 Å². The van der Waals surface area contributed by atoms with Crippen LogP contribution in [0.25, 0.3) is 11.6 Å². The molecule has 0 aromatic carbocycles. The molecule has 0 saturated carbocycles. The molecule has 1 aliphatic rings. The van der Waals surface area contributed by atoms with Crippen LogP contribution in [-0.2, 0) is 9.53 Å². The van der Waals surface area contributed by atoms with Gasteiger partial charge in [0.25, 0.3) is 5.91 Å². The first-order chi connectivity index (χ1) is 11.0. The summed E-state index contributed by atoms with van der Waals surface area (Å²) >= 11 is 0. The molecule has 8 heteroatoms. The molecule has 2 aromatic rings. The molecule has 3 N–H and O–H groups in total. The van der Waals surface area contributed by atoms with Gasteiger partial charge in [-0.2, -0.15) is 4.98 Å². The fraction of sp³-hybridized carbons (Fsp3) is 0.200. The molecule has 0 unspecified atom stereocenters. The molecule has 0 saturated heterocycles. The van der Waals surface area contributed by atoms with Crippen LogP contribution in [0.1, 0.15) is 34.4 Å². The quantitative estimate of drug-likeness (QED) is 0.579. The molecular formula is C15H14N4O4. The Morgan fingerprint density at radius 1 is 1.35 bits per heavy atom. The topological polar surface area (TPSA) is 117 Å². The van der Waals surface area contributed by atoms with E-state index in [2.05, 4.69) is 20.3 Å². The molecule has 2 aromatic heterocycles. The fourth-order valence-corrected chi connectivity index (χ4v) is 2.39. The van der Waals surface area contributed by atoms with Crippen molar-refractivity contribution in [2.24, 2.45) is 0 Å². The van der Waals surface area contributed by atoms with Crippen LogP contribution >= 0.6 is 0 Å². The van der Waals surface area contributed by atoms with E-state index in [0.29, 0.717) is 22.6 Å². The number of esters is 1. The number of H-pyrrole nitrogens is 2. The third kappa shape index (κ3) is 2.66. The van der Waals surface area contributed by atoms with Gasteiger partial charge in [0.1, 0.15) is 0 Å². The van der Waals surface area contributed by atoms with Crippen LogP contribution in [-0.4, -0.2) is 33.4 Å². The summed E-state index contributed by atoms with van der Waals surface area (Å²) < 4.78 is 5.01. The Balaban J connectivity index is 2.10. The molecular weight excluding hydrogens is 300 g/mol. The zero-order valence-corrected chi connectivity index (χ0v) is 12.5. The lowest BCUT2D eigenvalue weighted by molar-refractivity contribution is -0.110. The van der Waals surface area contributed by atoms with E-state index in [9.17, 15) is 14.4 Å². The lowest BCUT2D eigenvalue weighted by Gasteiger charge is -2.01. The summed E-state index contributed by atoms with van der Waals surface area (Å²) in [6.07, 6.45) is 2.80. The Bertz CT molecular complexity index is 891. The molecule has 0 bridgehead atoms. The maximum absolute atomic E-state index is 12.1. The molecule has 1 amide bonds. The third-order valence-electron chi connectivity index (χ3n) is 3.34. The van der Waals surface area contributed by atoms with E-state index in [-0.39, 0.29) is 18.1 Å². The van der Waals surface area contributed by atoms with Crippen molar-refractivity contribution in [2.45, 2.75) is 13.8 Å². The Kier molecular flexibility index (Phi) is 3.57. The predicted octanol–water partition coefficient (Wildman–Crippen LogP) is 1.08. The van der Waals surface area contributed by atoms with Gasteiger partial charge in [-0.15, -0.1) is 0 Å². The second kappa shape index (κ2) is 5.56. The van der Waals surface area contributed by atoms with Gasteiger partial charge in [0.15, 0.2) is 0 Å². The van der Waals surface area contributed by atoms with Gasteiger partial charge in [-0.25, -0.2) is 9.59 Å². The average molecular weight is 314 g/mol. The summed E-state index contributed by atoms with van der Waals surface area (Å²) in [5.74, 6) is -0.865. The monoisotopic (exact) mass is 314 g/mol. The number of rotatable bonds is 3. The minimum Gasteiger partial charge on any atom is -0.462 e. The molecule has 1 aliphatic heterocycles. The first-order valence-electron chi connectivity index (χ1n) is 6.99. The molecule has 8 nitrogen and oxygen atoms in total. The molecule has 0 fully saturated rings. The number of fused-ring (bicyclic) bond motifs is 1. The zero-order valence-electron chi connectivity index (χ0n) is 12.5. The number of anilines is 1. The van der Waals surface area contributed by atoms with Crippen molar-refractivity contribution in [1.29, 1.82) is 0 Å². The van der Waals surface area contributed by atoms with E-state index >= 15 is 0 Å². The highest BCUT2D eigenvalue weighted by molar-refractivity contribution is 6.34. The van der Waals surface area contributed by atoms with E-state index < -0.39 is 11.7 Å². The van der Waals surface area contributed by atoms with E-state index in [0.717, 1.165) is 5.69 Å². The Labute approximate surface area is 130 Å². The van der Waals surface area contributed by atoms with Crippen LogP contribution in [0.4, 0.5) is 5.69 Å². The highest BCUT2D eigenvalue weighted by Crippen LogP contribution is 2.30. The van der Waals surface area contributed by atoms with E-state index in [1.807, 2.05) is 0 Å². The van der Waals surface area contributed by atoms with Gasteiger partial charge in [-0.05, 0) is 26.0 Å². The van der Waals surface area contributed by atoms with Crippen LogP contribution in [0, 0.1) is 6.92 Å². The molecule has 0 aliphatic carbocycles. The number of aromatic nitrogens is 3. The molecule has 0 spiro atoms. The fourth-order valence-electron chi connectivity index (χ4n) is 2.39. The lowest BCUT2D eigenvalue weighted by Crippen LogP contribution is -2.10. The molecule has 118 valence electrons. The summed E-state index contributed by atoms with van der Waals surface area (Å²) in [4.78, 5) is 44.6. The number of amides is 1. The number of ether oxygens (including phenoxy) is 1. The Hall–Kier alpha value is -3.16. The first-order valence-corrected chi connectivity index (χ1v) is 6.99. The van der Waals surface area contributed by atoms with Crippen molar-refractivity contribution in [3.05, 3.63) is 45.4 Å². The Morgan fingerprint density at radius 2 is 2.13 bits per heavy atom. The second-order valence-electron chi connectivity index (χ2n) is 4.99. The van der Waals surface area contributed by atoms with Gasteiger partial charge >= 0.3 is 11.7 Å². The number of nitrogens with one attached hydrogen (secondary N) is 3. The highest BCUT2D eigenvalue weighted by atomic mass is 16.5. The van der Waals surface area contributed by atoms with Crippen LogP contribution in [0.5, 0.6) is 0 Å². The standard InChI is InChI=1S/C15H14N4O4/c1-3-23-14(21)8-4-7(2)17-10(8)5-9-12-11(18-13(9)20)6-16-15(22)19-12/h4-6,17H,3H2,1-2H3,(H,18,20)(H,16,19,22)/b9-5-. The lowest BCUT2D eigenvalue weighted by atomic mass is 10.1. The van der Waals surface area contributed by atoms with Crippen LogP contribution in [0.15, 0.2) is 17.1 Å². The van der Waals surface area contributed by atoms with Crippen LogP contribution in [0.3, 0.4) is 0 Å². The van der Waals surface area contributed by atoms with Crippen molar-refractivity contribution >= 4 is 29.2 Å². The maximum atomic E-state index is 12.1.